The minimum atomic E-state index is 0.673. The maximum Gasteiger partial charge on any atom is 0.159 e. The van der Waals surface area contributed by atoms with E-state index in [1.165, 1.54) is 12.8 Å². The van der Waals surface area contributed by atoms with Crippen LogP contribution in [0.2, 0.25) is 0 Å². The summed E-state index contributed by atoms with van der Waals surface area (Å²) in [6.07, 6.45) is 8.87. The van der Waals surface area contributed by atoms with Gasteiger partial charge in [0.05, 0.1) is 40.5 Å². The summed E-state index contributed by atoms with van der Waals surface area (Å²) in [5, 5.41) is 15.6. The molecular weight excluding hydrogens is 512 g/mol. The zero-order valence-electron chi connectivity index (χ0n) is 23.5. The first kappa shape index (κ1) is 25.7. The number of rotatable bonds is 7. The van der Waals surface area contributed by atoms with Crippen molar-refractivity contribution in [3.8, 4) is 22.8 Å². The molecule has 0 aliphatic carbocycles. The summed E-state index contributed by atoms with van der Waals surface area (Å²) in [4.78, 5) is 22.6. The van der Waals surface area contributed by atoms with Crippen LogP contribution in [-0.2, 0) is 0 Å². The van der Waals surface area contributed by atoms with Crippen LogP contribution in [0.15, 0.2) is 61.2 Å². The van der Waals surface area contributed by atoms with Gasteiger partial charge in [-0.15, -0.1) is 0 Å². The normalized spacial score (nSPS) is 17.0. The molecule has 0 spiro atoms. The van der Waals surface area contributed by atoms with E-state index in [4.69, 9.17) is 9.97 Å². The first-order valence-corrected chi connectivity index (χ1v) is 14.5. The Morgan fingerprint density at radius 3 is 2.76 bits per heavy atom. The lowest BCUT2D eigenvalue weighted by Gasteiger charge is -2.34. The predicted octanol–water partition coefficient (Wildman–Crippen LogP) is 4.63. The number of pyridine rings is 2. The molecule has 10 heteroatoms. The Balaban J connectivity index is 1.16. The number of nitrogens with one attached hydrogen (secondary N) is 4. The van der Waals surface area contributed by atoms with E-state index in [0.29, 0.717) is 5.92 Å². The van der Waals surface area contributed by atoms with Crippen molar-refractivity contribution in [3.63, 3.8) is 0 Å². The van der Waals surface area contributed by atoms with Gasteiger partial charge >= 0.3 is 0 Å². The van der Waals surface area contributed by atoms with Gasteiger partial charge in [-0.1, -0.05) is 12.6 Å². The third kappa shape index (κ3) is 5.28. The highest BCUT2D eigenvalue weighted by Crippen LogP contribution is 2.32. The summed E-state index contributed by atoms with van der Waals surface area (Å²) in [7, 11) is 2.17. The van der Waals surface area contributed by atoms with Crippen LogP contribution < -0.4 is 15.5 Å². The quantitative estimate of drug-likeness (QED) is 0.233. The van der Waals surface area contributed by atoms with E-state index in [2.05, 4.69) is 84.6 Å². The van der Waals surface area contributed by atoms with Gasteiger partial charge in [0.25, 0.3) is 0 Å². The number of aromatic amines is 2. The molecule has 210 valence electrons. The summed E-state index contributed by atoms with van der Waals surface area (Å²) in [6.45, 7) is 10.5. The smallest absolute Gasteiger partial charge is 0.159 e. The average molecular weight is 549 g/mol. The van der Waals surface area contributed by atoms with Crippen LogP contribution in [0, 0.1) is 5.92 Å². The maximum absolute atomic E-state index is 5.05. The molecule has 1 aromatic carbocycles. The first-order valence-electron chi connectivity index (χ1n) is 14.5. The van der Waals surface area contributed by atoms with E-state index >= 15 is 0 Å². The van der Waals surface area contributed by atoms with E-state index in [1.807, 2.05) is 18.6 Å². The minimum Gasteiger partial charge on any atom is -0.367 e. The summed E-state index contributed by atoms with van der Waals surface area (Å²) in [6, 6.07) is 10.5. The fourth-order valence-corrected chi connectivity index (χ4v) is 6.02. The number of H-pyrrole nitrogens is 2. The van der Waals surface area contributed by atoms with Gasteiger partial charge in [-0.25, -0.2) is 4.98 Å². The predicted molar refractivity (Wildman–Crippen MR) is 165 cm³/mol. The van der Waals surface area contributed by atoms with Crippen molar-refractivity contribution >= 4 is 33.3 Å². The number of allylic oxidation sites excluding steroid dienone is 1. The van der Waals surface area contributed by atoms with Crippen LogP contribution in [0.25, 0.3) is 44.7 Å². The van der Waals surface area contributed by atoms with E-state index in [9.17, 15) is 0 Å². The zero-order valence-corrected chi connectivity index (χ0v) is 23.5. The highest BCUT2D eigenvalue weighted by atomic mass is 15.3. The molecule has 2 aliphatic heterocycles. The first-order chi connectivity index (χ1) is 20.1. The monoisotopic (exact) mass is 548 g/mol. The number of fused-ring (bicyclic) bond motifs is 2. The molecule has 41 heavy (non-hydrogen) atoms. The topological polar surface area (TPSA) is 114 Å². The molecule has 0 saturated carbocycles. The van der Waals surface area contributed by atoms with E-state index in [1.54, 1.807) is 0 Å². The summed E-state index contributed by atoms with van der Waals surface area (Å²) >= 11 is 0. The van der Waals surface area contributed by atoms with Crippen LogP contribution in [0.5, 0.6) is 0 Å². The molecule has 5 aromatic rings. The number of imidazole rings is 1. The average Bonchev–Trinajstić information content (AvgIpc) is 3.62. The van der Waals surface area contributed by atoms with Gasteiger partial charge in [-0.2, -0.15) is 5.10 Å². The summed E-state index contributed by atoms with van der Waals surface area (Å²) < 4.78 is 0. The second-order valence-electron chi connectivity index (χ2n) is 11.3. The lowest BCUT2D eigenvalue weighted by atomic mass is 9.93. The van der Waals surface area contributed by atoms with Gasteiger partial charge < -0.3 is 25.4 Å². The fraction of sp³-hybridized carbons (Fsp3) is 0.355. The van der Waals surface area contributed by atoms with Crippen LogP contribution in [-0.4, -0.2) is 81.3 Å². The molecule has 7 rings (SSSR count). The van der Waals surface area contributed by atoms with Crippen molar-refractivity contribution in [3.05, 3.63) is 61.2 Å². The Morgan fingerprint density at radius 1 is 1.05 bits per heavy atom. The van der Waals surface area contributed by atoms with Gasteiger partial charge in [-0.3, -0.25) is 15.1 Å². The number of hydrogen-bond acceptors (Lipinski definition) is 8. The standard InChI is InChI=1S/C31H36N10/c1-20(14-21-6-8-32-9-7-21)35-23-15-22(17-33-18-23)26-16-24-27(19-34-26)38-39-29(24)31-36-25-4-3-5-28(30(25)37-31)41-12-10-40(2)11-13-41/h3-5,15-19,21,32,35H,1,6-14H2,2H3,(H,36,37)(H,38,39). The second kappa shape index (κ2) is 10.9. The molecule has 0 radical (unpaired) electrons. The molecule has 10 nitrogen and oxygen atoms in total. The number of piperazine rings is 1. The number of anilines is 2. The van der Waals surface area contributed by atoms with Gasteiger partial charge in [0.1, 0.15) is 11.2 Å². The van der Waals surface area contributed by atoms with E-state index in [0.717, 1.165) is 107 Å². The van der Waals surface area contributed by atoms with Gasteiger partial charge in [0.15, 0.2) is 5.82 Å². The third-order valence-electron chi connectivity index (χ3n) is 8.36. The van der Waals surface area contributed by atoms with Crippen molar-refractivity contribution in [2.24, 2.45) is 5.92 Å². The second-order valence-corrected chi connectivity index (χ2v) is 11.3. The molecule has 2 saturated heterocycles. The van der Waals surface area contributed by atoms with Crippen LogP contribution in [0.3, 0.4) is 0 Å². The molecule has 4 N–H and O–H groups in total. The molecule has 2 aliphatic rings. The van der Waals surface area contributed by atoms with Crippen LogP contribution in [0.4, 0.5) is 11.4 Å². The molecule has 6 heterocycles. The molecule has 0 amide bonds. The third-order valence-corrected chi connectivity index (χ3v) is 8.36. The molecule has 4 aromatic heterocycles. The van der Waals surface area contributed by atoms with Crippen molar-refractivity contribution in [1.29, 1.82) is 0 Å². The number of nitrogens with zero attached hydrogens (tertiary/aromatic N) is 6. The van der Waals surface area contributed by atoms with Crippen molar-refractivity contribution in [2.75, 3.05) is 56.5 Å². The number of para-hydroxylation sites is 1. The van der Waals surface area contributed by atoms with Crippen LogP contribution in [0.1, 0.15) is 19.3 Å². The number of piperidine rings is 1. The van der Waals surface area contributed by atoms with Gasteiger partial charge in [-0.05, 0) is 69.6 Å². The minimum absolute atomic E-state index is 0.673. The number of likely N-dealkylation sites (N-methyl/N-ethyl adjacent to an activating group) is 1. The molecule has 0 bridgehead atoms. The van der Waals surface area contributed by atoms with Crippen molar-refractivity contribution in [2.45, 2.75) is 19.3 Å². The lowest BCUT2D eigenvalue weighted by Crippen LogP contribution is -2.44. The van der Waals surface area contributed by atoms with Crippen molar-refractivity contribution < 1.29 is 0 Å². The Hall–Kier alpha value is -4.28. The lowest BCUT2D eigenvalue weighted by molar-refractivity contribution is 0.313. The van der Waals surface area contributed by atoms with Crippen LogP contribution >= 0.6 is 0 Å². The van der Waals surface area contributed by atoms with Gasteiger partial charge in [0, 0.05) is 49.0 Å². The summed E-state index contributed by atoms with van der Waals surface area (Å²) in [5.41, 5.74) is 8.50. The van der Waals surface area contributed by atoms with Gasteiger partial charge in [0.2, 0.25) is 0 Å². The number of hydrogen-bond donors (Lipinski definition) is 4. The SMILES string of the molecule is C=C(CC1CCNCC1)Nc1cncc(-c2cc3c(-c4nc5c(N6CCN(C)CC6)cccc5[nH]4)n[nH]c3cn2)c1. The highest BCUT2D eigenvalue weighted by Gasteiger charge is 2.20. The summed E-state index contributed by atoms with van der Waals surface area (Å²) in [5.74, 6) is 1.42. The van der Waals surface area contributed by atoms with Crippen molar-refractivity contribution in [1.82, 2.24) is 40.3 Å². The molecule has 2 fully saturated rings. The van der Waals surface area contributed by atoms with E-state index in [-0.39, 0.29) is 0 Å². The Morgan fingerprint density at radius 2 is 1.90 bits per heavy atom. The molecular formula is C31H36N10. The Bertz CT molecular complexity index is 1690. The Kier molecular flexibility index (Phi) is 6.85. The number of aromatic nitrogens is 6. The number of benzene rings is 1. The Labute approximate surface area is 239 Å². The van der Waals surface area contributed by atoms with E-state index < -0.39 is 0 Å². The zero-order chi connectivity index (χ0) is 27.8. The fourth-order valence-electron chi connectivity index (χ4n) is 6.02. The largest absolute Gasteiger partial charge is 0.367 e. The maximum atomic E-state index is 5.05. The molecule has 0 atom stereocenters. The highest BCUT2D eigenvalue weighted by molar-refractivity contribution is 5.96. The molecule has 0 unspecified atom stereocenters.